The summed E-state index contributed by atoms with van der Waals surface area (Å²) >= 11 is 0. The molecule has 6 heteroatoms. The summed E-state index contributed by atoms with van der Waals surface area (Å²) in [5.41, 5.74) is 0.199. The van der Waals surface area contributed by atoms with Crippen LogP contribution >= 0.6 is 0 Å². The molecule has 3 unspecified atom stereocenters. The molecule has 0 aromatic carbocycles. The Morgan fingerprint density at radius 2 is 1.95 bits per heavy atom. The van der Waals surface area contributed by atoms with Gasteiger partial charge in [0.2, 0.25) is 10.0 Å². The molecular formula is C14H25NO4S. The second-order valence-corrected chi connectivity index (χ2v) is 8.80. The van der Waals surface area contributed by atoms with Gasteiger partial charge in [0.1, 0.15) is 0 Å². The molecule has 0 aromatic rings. The number of hydrogen-bond acceptors (Lipinski definition) is 4. The highest BCUT2D eigenvalue weighted by Crippen LogP contribution is 2.38. The van der Waals surface area contributed by atoms with E-state index in [1.807, 2.05) is 0 Å². The van der Waals surface area contributed by atoms with Crippen LogP contribution in [0.25, 0.3) is 0 Å². The molecule has 2 aliphatic rings. The third kappa shape index (κ3) is 3.34. The molecule has 0 amide bonds. The molecule has 2 saturated carbocycles. The normalized spacial score (nSPS) is 33.2. The van der Waals surface area contributed by atoms with Gasteiger partial charge >= 0.3 is 5.97 Å². The summed E-state index contributed by atoms with van der Waals surface area (Å²) in [5, 5.41) is -0.626. The molecule has 0 heterocycles. The first kappa shape index (κ1) is 15.8. The SMILES string of the molecule is COC(=O)C1CCCC1S(=O)(=O)NC1CCC(C)(C)C1. The summed E-state index contributed by atoms with van der Waals surface area (Å²) in [6.07, 6.45) is 4.69. The molecule has 2 fully saturated rings. The quantitative estimate of drug-likeness (QED) is 0.804. The lowest BCUT2D eigenvalue weighted by atomic mass is 9.92. The van der Waals surface area contributed by atoms with Crippen LogP contribution in [0.15, 0.2) is 0 Å². The Morgan fingerprint density at radius 1 is 1.25 bits per heavy atom. The monoisotopic (exact) mass is 303 g/mol. The maximum atomic E-state index is 12.5. The molecule has 1 N–H and O–H groups in total. The first-order chi connectivity index (χ1) is 9.25. The van der Waals surface area contributed by atoms with Crippen LogP contribution in [-0.4, -0.2) is 32.8 Å². The summed E-state index contributed by atoms with van der Waals surface area (Å²) in [5.74, 6) is -0.906. The van der Waals surface area contributed by atoms with Crippen LogP contribution in [0.3, 0.4) is 0 Å². The summed E-state index contributed by atoms with van der Waals surface area (Å²) in [6, 6.07) is 0.00824. The Bertz CT molecular complexity index is 472. The zero-order valence-corrected chi connectivity index (χ0v) is 13.3. The fourth-order valence-electron chi connectivity index (χ4n) is 3.57. The van der Waals surface area contributed by atoms with Crippen molar-refractivity contribution in [3.05, 3.63) is 0 Å². The van der Waals surface area contributed by atoms with Crippen molar-refractivity contribution in [1.82, 2.24) is 4.72 Å². The number of rotatable bonds is 4. The van der Waals surface area contributed by atoms with E-state index in [4.69, 9.17) is 4.74 Å². The zero-order valence-electron chi connectivity index (χ0n) is 12.5. The highest BCUT2D eigenvalue weighted by Gasteiger charge is 2.44. The predicted molar refractivity (Wildman–Crippen MR) is 76.6 cm³/mol. The van der Waals surface area contributed by atoms with Crippen molar-refractivity contribution in [3.8, 4) is 0 Å². The molecule has 0 bridgehead atoms. The second kappa shape index (κ2) is 5.64. The van der Waals surface area contributed by atoms with Gasteiger partial charge in [-0.1, -0.05) is 20.3 Å². The fraction of sp³-hybridized carbons (Fsp3) is 0.929. The summed E-state index contributed by atoms with van der Waals surface area (Å²) in [6.45, 7) is 4.32. The third-order valence-corrected chi connectivity index (χ3v) is 6.68. The molecule has 5 nitrogen and oxygen atoms in total. The van der Waals surface area contributed by atoms with E-state index < -0.39 is 27.2 Å². The maximum Gasteiger partial charge on any atom is 0.310 e. The summed E-state index contributed by atoms with van der Waals surface area (Å²) in [7, 11) is -2.13. The number of carbonyl (C=O) groups is 1. The Balaban J connectivity index is 2.05. The summed E-state index contributed by atoms with van der Waals surface area (Å²) in [4.78, 5) is 11.7. The number of hydrogen-bond donors (Lipinski definition) is 1. The number of ether oxygens (including phenoxy) is 1. The van der Waals surface area contributed by atoms with Gasteiger partial charge in [-0.15, -0.1) is 0 Å². The average Bonchev–Trinajstić information content (AvgIpc) is 2.94. The first-order valence-electron chi connectivity index (χ1n) is 7.34. The summed E-state index contributed by atoms with van der Waals surface area (Å²) < 4.78 is 32.6. The minimum atomic E-state index is -3.45. The van der Waals surface area contributed by atoms with E-state index in [0.717, 1.165) is 25.7 Å². The molecule has 0 aromatic heterocycles. The predicted octanol–water partition coefficient (Wildman–Crippen LogP) is 1.83. The van der Waals surface area contributed by atoms with Crippen LogP contribution in [0.1, 0.15) is 52.4 Å². The lowest BCUT2D eigenvalue weighted by molar-refractivity contribution is -0.145. The van der Waals surface area contributed by atoms with Gasteiger partial charge in [-0.05, 0) is 37.5 Å². The fourth-order valence-corrected chi connectivity index (χ4v) is 5.57. The van der Waals surface area contributed by atoms with E-state index in [-0.39, 0.29) is 11.5 Å². The van der Waals surface area contributed by atoms with Gasteiger partial charge in [-0.3, -0.25) is 4.79 Å². The molecule has 20 heavy (non-hydrogen) atoms. The molecule has 2 rings (SSSR count). The third-order valence-electron chi connectivity index (χ3n) is 4.65. The maximum absolute atomic E-state index is 12.5. The van der Waals surface area contributed by atoms with Crippen molar-refractivity contribution in [3.63, 3.8) is 0 Å². The van der Waals surface area contributed by atoms with Gasteiger partial charge in [-0.2, -0.15) is 0 Å². The van der Waals surface area contributed by atoms with Gasteiger partial charge in [0, 0.05) is 6.04 Å². The standard InChI is InChI=1S/C14H25NO4S/c1-14(2)8-7-10(9-14)15-20(17,18)12-6-4-5-11(12)13(16)19-3/h10-12,15H,4-9H2,1-3H3. The van der Waals surface area contributed by atoms with Crippen LogP contribution in [0.4, 0.5) is 0 Å². The number of sulfonamides is 1. The minimum absolute atomic E-state index is 0.00824. The highest BCUT2D eigenvalue weighted by molar-refractivity contribution is 7.90. The largest absolute Gasteiger partial charge is 0.469 e. The van der Waals surface area contributed by atoms with Crippen LogP contribution in [0.5, 0.6) is 0 Å². The van der Waals surface area contributed by atoms with Gasteiger partial charge < -0.3 is 4.74 Å². The van der Waals surface area contributed by atoms with E-state index in [9.17, 15) is 13.2 Å². The number of methoxy groups -OCH3 is 1. The van der Waals surface area contributed by atoms with Crippen molar-refractivity contribution < 1.29 is 17.9 Å². The molecular weight excluding hydrogens is 278 g/mol. The van der Waals surface area contributed by atoms with E-state index in [1.54, 1.807) is 0 Å². The van der Waals surface area contributed by atoms with Gasteiger partial charge in [0.25, 0.3) is 0 Å². The van der Waals surface area contributed by atoms with E-state index in [1.165, 1.54) is 7.11 Å². The Labute approximate surface area is 121 Å². The van der Waals surface area contributed by atoms with Crippen molar-refractivity contribution in [2.24, 2.45) is 11.3 Å². The first-order valence-corrected chi connectivity index (χ1v) is 8.89. The highest BCUT2D eigenvalue weighted by atomic mass is 32.2. The van der Waals surface area contributed by atoms with E-state index in [2.05, 4.69) is 18.6 Å². The number of carbonyl (C=O) groups excluding carboxylic acids is 1. The molecule has 0 spiro atoms. The Hall–Kier alpha value is -0.620. The van der Waals surface area contributed by atoms with Gasteiger partial charge in [0.05, 0.1) is 18.3 Å². The lowest BCUT2D eigenvalue weighted by Gasteiger charge is -2.22. The minimum Gasteiger partial charge on any atom is -0.469 e. The van der Waals surface area contributed by atoms with Crippen molar-refractivity contribution in [1.29, 1.82) is 0 Å². The van der Waals surface area contributed by atoms with Crippen LogP contribution in [0.2, 0.25) is 0 Å². The number of esters is 1. The average molecular weight is 303 g/mol. The van der Waals surface area contributed by atoms with Crippen LogP contribution < -0.4 is 4.72 Å². The van der Waals surface area contributed by atoms with E-state index in [0.29, 0.717) is 12.8 Å². The van der Waals surface area contributed by atoms with Gasteiger partial charge in [-0.25, -0.2) is 13.1 Å². The molecule has 2 aliphatic carbocycles. The lowest BCUT2D eigenvalue weighted by Crippen LogP contribution is -2.43. The topological polar surface area (TPSA) is 72.5 Å². The van der Waals surface area contributed by atoms with Crippen molar-refractivity contribution >= 4 is 16.0 Å². The van der Waals surface area contributed by atoms with Crippen LogP contribution in [0, 0.1) is 11.3 Å². The molecule has 0 aliphatic heterocycles. The molecule has 0 radical (unpaired) electrons. The van der Waals surface area contributed by atoms with Gasteiger partial charge in [0.15, 0.2) is 0 Å². The smallest absolute Gasteiger partial charge is 0.310 e. The van der Waals surface area contributed by atoms with E-state index >= 15 is 0 Å². The molecule has 116 valence electrons. The molecule has 3 atom stereocenters. The second-order valence-electron chi connectivity index (χ2n) is 6.87. The van der Waals surface area contributed by atoms with Crippen LogP contribution in [-0.2, 0) is 19.6 Å². The number of nitrogens with one attached hydrogen (secondary N) is 1. The zero-order chi connectivity index (χ0) is 15.0. The van der Waals surface area contributed by atoms with Crippen molar-refractivity contribution in [2.45, 2.75) is 63.7 Å². The molecule has 0 saturated heterocycles. The Kier molecular flexibility index (Phi) is 4.44. The van der Waals surface area contributed by atoms with Crippen molar-refractivity contribution in [2.75, 3.05) is 7.11 Å². The Morgan fingerprint density at radius 3 is 2.50 bits per heavy atom.